The number of methoxy groups -OCH3 is 1. The Kier molecular flexibility index (Phi) is 11.6. The van der Waals surface area contributed by atoms with E-state index in [0.29, 0.717) is 50.9 Å². The van der Waals surface area contributed by atoms with Gasteiger partial charge in [0.25, 0.3) is 5.69 Å². The molecule has 0 spiro atoms. The lowest BCUT2D eigenvalue weighted by molar-refractivity contribution is -0.384. The molecule has 4 rings (SSSR count). The van der Waals surface area contributed by atoms with Crippen molar-refractivity contribution in [3.63, 3.8) is 0 Å². The molecule has 3 amide bonds. The summed E-state index contributed by atoms with van der Waals surface area (Å²) in [4.78, 5) is 65.3. The Morgan fingerprint density at radius 1 is 1.17 bits per heavy atom. The van der Waals surface area contributed by atoms with Crippen molar-refractivity contribution in [2.24, 2.45) is 0 Å². The normalized spacial score (nSPS) is 17.7. The van der Waals surface area contributed by atoms with Crippen LogP contribution in [0.3, 0.4) is 0 Å². The number of nitro benzene ring substituents is 1. The van der Waals surface area contributed by atoms with E-state index in [1.165, 1.54) is 36.4 Å². The number of nitrogens with zero attached hydrogens (tertiary/aromatic N) is 5. The number of rotatable bonds is 14. The van der Waals surface area contributed by atoms with E-state index in [-0.39, 0.29) is 48.9 Å². The van der Waals surface area contributed by atoms with Gasteiger partial charge in [0.1, 0.15) is 12.6 Å². The summed E-state index contributed by atoms with van der Waals surface area (Å²) < 4.78 is 10.5. The topological polar surface area (TPSA) is 175 Å². The number of nitro groups is 1. The van der Waals surface area contributed by atoms with Crippen molar-refractivity contribution in [1.82, 2.24) is 20.2 Å². The molecule has 0 saturated carbocycles. The maximum atomic E-state index is 13.5. The molecule has 2 aliphatic rings. The van der Waals surface area contributed by atoms with Crippen molar-refractivity contribution < 1.29 is 33.6 Å². The number of urea groups is 1. The Hall–Kier alpha value is -5.29. The van der Waals surface area contributed by atoms with Crippen molar-refractivity contribution in [1.29, 1.82) is 5.26 Å². The van der Waals surface area contributed by atoms with E-state index in [0.717, 1.165) is 10.6 Å². The smallest absolute Gasteiger partial charge is 0.341 e. The van der Waals surface area contributed by atoms with Crippen LogP contribution < -0.4 is 5.32 Å². The van der Waals surface area contributed by atoms with Crippen molar-refractivity contribution in [2.45, 2.75) is 50.5 Å². The molecule has 1 fully saturated rings. The van der Waals surface area contributed by atoms with E-state index in [2.05, 4.69) is 10.2 Å². The van der Waals surface area contributed by atoms with Crippen LogP contribution in [-0.2, 0) is 29.3 Å². The number of nitrogens with one attached hydrogen (secondary N) is 1. The average molecular weight is 647 g/mol. The van der Waals surface area contributed by atoms with Crippen LogP contribution in [0.1, 0.15) is 56.2 Å². The maximum Gasteiger partial charge on any atom is 0.341 e. The molecule has 1 N–H and O–H groups in total. The van der Waals surface area contributed by atoms with Gasteiger partial charge in [-0.15, -0.1) is 0 Å². The number of hydrazine groups is 1. The van der Waals surface area contributed by atoms with Gasteiger partial charge < -0.3 is 19.7 Å². The molecule has 0 radical (unpaired) electrons. The van der Waals surface area contributed by atoms with E-state index in [1.54, 1.807) is 6.92 Å². The second kappa shape index (κ2) is 15.8. The van der Waals surface area contributed by atoms with Crippen LogP contribution in [0.15, 0.2) is 65.9 Å². The maximum absolute atomic E-state index is 13.5. The van der Waals surface area contributed by atoms with Crippen LogP contribution >= 0.6 is 0 Å². The number of non-ortho nitro benzene ring substituents is 1. The molecule has 1 atom stereocenters. The first-order chi connectivity index (χ1) is 22.7. The molecular formula is C33H38N6O8. The van der Waals surface area contributed by atoms with Crippen LogP contribution in [0.4, 0.5) is 10.5 Å². The van der Waals surface area contributed by atoms with Crippen molar-refractivity contribution in [2.75, 3.05) is 39.9 Å². The molecule has 47 heavy (non-hydrogen) atoms. The van der Waals surface area contributed by atoms with Crippen molar-refractivity contribution in [3.8, 4) is 6.07 Å². The zero-order chi connectivity index (χ0) is 34.0. The van der Waals surface area contributed by atoms with Gasteiger partial charge >= 0.3 is 18.0 Å². The summed E-state index contributed by atoms with van der Waals surface area (Å²) in [6.45, 7) is 3.46. The predicted molar refractivity (Wildman–Crippen MR) is 168 cm³/mol. The lowest BCUT2D eigenvalue weighted by Crippen LogP contribution is -2.56. The van der Waals surface area contributed by atoms with Crippen LogP contribution in [0, 0.1) is 21.4 Å². The molecule has 248 valence electrons. The predicted octanol–water partition coefficient (Wildman–Crippen LogP) is 3.75. The number of nitriles is 1. The number of amides is 3. The standard InChI is InChI=1S/C33H38N6O8/c1-3-27-28(30(41)47-22-7-17-34)29(24-11-13-26(14-12-24)39(44)45)38(32(43)35-27)37(23-40)19-8-18-36-20-15-33(16-21-36,31(42)46-2)25-9-5-4-6-10-25/h4-6,9-14,23,29H,3,7-8,15-16,18-22H2,1-2H3,(H,35,43). The highest BCUT2D eigenvalue weighted by atomic mass is 16.6. The van der Waals surface area contributed by atoms with Gasteiger partial charge in [-0.1, -0.05) is 37.3 Å². The minimum Gasteiger partial charge on any atom is -0.468 e. The summed E-state index contributed by atoms with van der Waals surface area (Å²) in [5, 5.41) is 25.2. The first kappa shape index (κ1) is 34.6. The Labute approximate surface area is 272 Å². The molecule has 1 unspecified atom stereocenters. The number of allylic oxidation sites excluding steroid dienone is 1. The number of carbonyl (C=O) groups is 4. The molecule has 0 aliphatic carbocycles. The number of esters is 2. The van der Waals surface area contributed by atoms with E-state index in [4.69, 9.17) is 14.7 Å². The van der Waals surface area contributed by atoms with Gasteiger partial charge in [-0.05, 0) is 68.6 Å². The zero-order valence-corrected chi connectivity index (χ0v) is 26.4. The summed E-state index contributed by atoms with van der Waals surface area (Å²) in [6, 6.07) is 15.1. The Bertz CT molecular complexity index is 1530. The first-order valence-electron chi connectivity index (χ1n) is 15.4. The highest BCUT2D eigenvalue weighted by molar-refractivity contribution is 5.95. The number of benzene rings is 2. The Morgan fingerprint density at radius 3 is 2.43 bits per heavy atom. The second-order valence-corrected chi connectivity index (χ2v) is 11.2. The average Bonchev–Trinajstić information content (AvgIpc) is 3.10. The molecule has 2 heterocycles. The molecular weight excluding hydrogens is 608 g/mol. The van der Waals surface area contributed by atoms with Gasteiger partial charge in [0, 0.05) is 24.4 Å². The number of hydrogen-bond donors (Lipinski definition) is 1. The van der Waals surface area contributed by atoms with Crippen LogP contribution in [0.2, 0.25) is 0 Å². The molecule has 0 bridgehead atoms. The third-order valence-corrected chi connectivity index (χ3v) is 8.62. The third kappa shape index (κ3) is 7.58. The van der Waals surface area contributed by atoms with Gasteiger partial charge in [-0.3, -0.25) is 24.7 Å². The minimum absolute atomic E-state index is 0.0399. The van der Waals surface area contributed by atoms with E-state index >= 15 is 0 Å². The van der Waals surface area contributed by atoms with Gasteiger partial charge in [-0.2, -0.15) is 5.26 Å². The fourth-order valence-corrected chi connectivity index (χ4v) is 6.18. The third-order valence-electron chi connectivity index (χ3n) is 8.62. The Morgan fingerprint density at radius 2 is 1.85 bits per heavy atom. The SMILES string of the molecule is CCC1=C(C(=O)OCCC#N)C(c2ccc([N+](=O)[O-])cc2)N(N(C=O)CCCN2CCC(C(=O)OC)(c3ccccc3)CC2)C(=O)N1. The summed E-state index contributed by atoms with van der Waals surface area (Å²) in [5.41, 5.74) is 0.674. The highest BCUT2D eigenvalue weighted by Crippen LogP contribution is 2.38. The minimum atomic E-state index is -1.14. The Balaban J connectivity index is 1.54. The molecule has 14 nitrogen and oxygen atoms in total. The molecule has 2 aliphatic heterocycles. The van der Waals surface area contributed by atoms with Crippen LogP contribution in [-0.4, -0.2) is 84.1 Å². The van der Waals surface area contributed by atoms with Gasteiger partial charge in [0.2, 0.25) is 6.41 Å². The van der Waals surface area contributed by atoms with Crippen molar-refractivity contribution >= 4 is 30.1 Å². The van der Waals surface area contributed by atoms with E-state index < -0.39 is 28.4 Å². The number of ether oxygens (including phenoxy) is 2. The lowest BCUT2D eigenvalue weighted by atomic mass is 9.72. The van der Waals surface area contributed by atoms with Crippen molar-refractivity contribution in [3.05, 3.63) is 87.1 Å². The van der Waals surface area contributed by atoms with Gasteiger partial charge in [0.15, 0.2) is 0 Å². The quantitative estimate of drug-likeness (QED) is 0.105. The van der Waals surface area contributed by atoms with Crippen LogP contribution in [0.5, 0.6) is 0 Å². The van der Waals surface area contributed by atoms with Gasteiger partial charge in [-0.25, -0.2) is 14.6 Å². The summed E-state index contributed by atoms with van der Waals surface area (Å²) in [7, 11) is 1.39. The number of hydrogen-bond acceptors (Lipinski definition) is 10. The van der Waals surface area contributed by atoms with Crippen LogP contribution in [0.25, 0.3) is 0 Å². The highest BCUT2D eigenvalue weighted by Gasteiger charge is 2.44. The fraction of sp³-hybridized carbons (Fsp3) is 0.424. The monoisotopic (exact) mass is 646 g/mol. The summed E-state index contributed by atoms with van der Waals surface area (Å²) >= 11 is 0. The lowest BCUT2D eigenvalue weighted by Gasteiger charge is -2.43. The number of carbonyl (C=O) groups excluding carboxylic acids is 4. The molecule has 2 aromatic rings. The molecule has 14 heteroatoms. The number of likely N-dealkylation sites (tertiary alicyclic amines) is 1. The van der Waals surface area contributed by atoms with E-state index in [1.807, 2.05) is 36.4 Å². The zero-order valence-electron chi connectivity index (χ0n) is 26.4. The van der Waals surface area contributed by atoms with E-state index in [9.17, 15) is 29.3 Å². The summed E-state index contributed by atoms with van der Waals surface area (Å²) in [6.07, 6.45) is 2.28. The molecule has 0 aromatic heterocycles. The largest absolute Gasteiger partial charge is 0.468 e. The molecule has 2 aromatic carbocycles. The summed E-state index contributed by atoms with van der Waals surface area (Å²) in [5.74, 6) is -1.05. The van der Waals surface area contributed by atoms with Gasteiger partial charge in [0.05, 0.1) is 35.5 Å². The first-order valence-corrected chi connectivity index (χ1v) is 15.4. The second-order valence-electron chi connectivity index (χ2n) is 11.2. The number of piperidine rings is 1. The fourth-order valence-electron chi connectivity index (χ4n) is 6.18. The molecule has 1 saturated heterocycles.